The van der Waals surface area contributed by atoms with Gasteiger partial charge < -0.3 is 5.73 Å². The summed E-state index contributed by atoms with van der Waals surface area (Å²) in [6.45, 7) is 0. The van der Waals surface area contributed by atoms with Crippen LogP contribution in [0.1, 0.15) is 37.3 Å². The first-order valence-corrected chi connectivity index (χ1v) is 6.71. The van der Waals surface area contributed by atoms with Crippen LogP contribution in [0.3, 0.4) is 0 Å². The lowest BCUT2D eigenvalue weighted by molar-refractivity contribution is 0.374. The highest BCUT2D eigenvalue weighted by Crippen LogP contribution is 2.32. The quantitative estimate of drug-likeness (QED) is 0.878. The molecular formula is C15H19N3. The van der Waals surface area contributed by atoms with Gasteiger partial charge in [0.25, 0.3) is 0 Å². The van der Waals surface area contributed by atoms with Gasteiger partial charge in [0, 0.05) is 23.9 Å². The third-order valence-electron chi connectivity index (χ3n) is 3.87. The molecule has 1 aliphatic rings. The zero-order valence-electron chi connectivity index (χ0n) is 10.5. The lowest BCUT2D eigenvalue weighted by Gasteiger charge is -2.29. The molecule has 0 amide bonds. The zero-order valence-corrected chi connectivity index (χ0v) is 10.5. The Hall–Kier alpha value is -1.61. The molecule has 1 aromatic heterocycles. The molecule has 2 N–H and O–H groups in total. The SMILES string of the molecule is NC1CCCCC1c1ccnn1-c1ccccc1. The fraction of sp³-hybridized carbons (Fsp3) is 0.400. The van der Waals surface area contributed by atoms with Crippen molar-refractivity contribution in [3.8, 4) is 5.69 Å². The lowest BCUT2D eigenvalue weighted by Crippen LogP contribution is -2.32. The van der Waals surface area contributed by atoms with E-state index in [0.717, 1.165) is 12.1 Å². The van der Waals surface area contributed by atoms with E-state index in [9.17, 15) is 0 Å². The van der Waals surface area contributed by atoms with E-state index in [1.54, 1.807) is 0 Å². The van der Waals surface area contributed by atoms with Crippen molar-refractivity contribution >= 4 is 0 Å². The minimum atomic E-state index is 0.276. The number of hydrogen-bond acceptors (Lipinski definition) is 2. The third-order valence-corrected chi connectivity index (χ3v) is 3.87. The molecule has 0 spiro atoms. The van der Waals surface area contributed by atoms with Gasteiger partial charge in [0.1, 0.15) is 0 Å². The second-order valence-corrected chi connectivity index (χ2v) is 5.06. The molecule has 2 atom stereocenters. The van der Waals surface area contributed by atoms with Gasteiger partial charge in [0.05, 0.1) is 5.69 Å². The maximum atomic E-state index is 6.28. The summed E-state index contributed by atoms with van der Waals surface area (Å²) in [5, 5.41) is 4.46. The largest absolute Gasteiger partial charge is 0.327 e. The van der Waals surface area contributed by atoms with Gasteiger partial charge in [0.2, 0.25) is 0 Å². The molecule has 3 rings (SSSR count). The Kier molecular flexibility index (Phi) is 3.15. The van der Waals surface area contributed by atoms with Crippen LogP contribution in [0.15, 0.2) is 42.6 Å². The number of aromatic nitrogens is 2. The normalized spacial score (nSPS) is 24.1. The maximum Gasteiger partial charge on any atom is 0.0648 e. The Bertz CT molecular complexity index is 503. The summed E-state index contributed by atoms with van der Waals surface area (Å²) in [5.74, 6) is 0.446. The van der Waals surface area contributed by atoms with Crippen molar-refractivity contribution in [1.29, 1.82) is 0 Å². The van der Waals surface area contributed by atoms with Crippen molar-refractivity contribution in [1.82, 2.24) is 9.78 Å². The summed E-state index contributed by atoms with van der Waals surface area (Å²) in [7, 11) is 0. The molecule has 2 unspecified atom stereocenters. The Labute approximate surface area is 108 Å². The highest BCUT2D eigenvalue weighted by atomic mass is 15.3. The highest BCUT2D eigenvalue weighted by molar-refractivity contribution is 5.33. The van der Waals surface area contributed by atoms with E-state index in [-0.39, 0.29) is 6.04 Å². The van der Waals surface area contributed by atoms with Gasteiger partial charge in [-0.05, 0) is 31.0 Å². The maximum absolute atomic E-state index is 6.28. The van der Waals surface area contributed by atoms with Crippen molar-refractivity contribution in [2.75, 3.05) is 0 Å². The monoisotopic (exact) mass is 241 g/mol. The van der Waals surface area contributed by atoms with Crippen molar-refractivity contribution in [2.45, 2.75) is 37.6 Å². The van der Waals surface area contributed by atoms with Crippen LogP contribution in [-0.2, 0) is 0 Å². The fourth-order valence-electron chi connectivity index (χ4n) is 2.91. The number of benzene rings is 1. The van der Waals surface area contributed by atoms with Crippen LogP contribution in [0.5, 0.6) is 0 Å². The first kappa shape index (κ1) is 11.5. The second kappa shape index (κ2) is 4.94. The smallest absolute Gasteiger partial charge is 0.0648 e. The van der Waals surface area contributed by atoms with Gasteiger partial charge >= 0.3 is 0 Å². The summed E-state index contributed by atoms with van der Waals surface area (Å²) in [6.07, 6.45) is 6.73. The Morgan fingerprint density at radius 1 is 1.06 bits per heavy atom. The van der Waals surface area contributed by atoms with Crippen LogP contribution in [0.2, 0.25) is 0 Å². The molecule has 1 fully saturated rings. The fourth-order valence-corrected chi connectivity index (χ4v) is 2.91. The number of nitrogens with zero attached hydrogens (tertiary/aromatic N) is 2. The molecule has 0 radical (unpaired) electrons. The molecule has 1 saturated carbocycles. The van der Waals surface area contributed by atoms with Crippen molar-refractivity contribution < 1.29 is 0 Å². The van der Waals surface area contributed by atoms with Gasteiger partial charge in [-0.1, -0.05) is 31.0 Å². The van der Waals surface area contributed by atoms with Gasteiger partial charge in [-0.3, -0.25) is 0 Å². The van der Waals surface area contributed by atoms with Gasteiger partial charge in [-0.25, -0.2) is 4.68 Å². The molecule has 0 bridgehead atoms. The van der Waals surface area contributed by atoms with E-state index in [4.69, 9.17) is 5.73 Å². The minimum absolute atomic E-state index is 0.276. The molecule has 94 valence electrons. The zero-order chi connectivity index (χ0) is 12.4. The summed E-state index contributed by atoms with van der Waals surface area (Å²) < 4.78 is 2.04. The topological polar surface area (TPSA) is 43.8 Å². The molecule has 18 heavy (non-hydrogen) atoms. The minimum Gasteiger partial charge on any atom is -0.327 e. The second-order valence-electron chi connectivity index (χ2n) is 5.06. The van der Waals surface area contributed by atoms with E-state index in [1.165, 1.54) is 25.0 Å². The van der Waals surface area contributed by atoms with Crippen LogP contribution < -0.4 is 5.73 Å². The van der Waals surface area contributed by atoms with Crippen molar-refractivity contribution in [2.24, 2.45) is 5.73 Å². The van der Waals surface area contributed by atoms with E-state index < -0.39 is 0 Å². The Morgan fingerprint density at radius 2 is 1.83 bits per heavy atom. The highest BCUT2D eigenvalue weighted by Gasteiger charge is 2.26. The summed E-state index contributed by atoms with van der Waals surface area (Å²) >= 11 is 0. The number of para-hydroxylation sites is 1. The first-order chi connectivity index (χ1) is 8.86. The standard InChI is InChI=1S/C15H19N3/c16-14-9-5-4-8-13(14)15-10-11-17-18(15)12-6-2-1-3-7-12/h1-3,6-7,10-11,13-14H,4-5,8-9,16H2. The third kappa shape index (κ3) is 2.06. The summed E-state index contributed by atoms with van der Waals surface area (Å²) in [4.78, 5) is 0. The summed E-state index contributed by atoms with van der Waals surface area (Å²) in [5.41, 5.74) is 8.65. The Morgan fingerprint density at radius 3 is 2.61 bits per heavy atom. The predicted octanol–water partition coefficient (Wildman–Crippen LogP) is 2.86. The lowest BCUT2D eigenvalue weighted by atomic mass is 9.83. The summed E-state index contributed by atoms with van der Waals surface area (Å²) in [6, 6.07) is 12.7. The van der Waals surface area contributed by atoms with E-state index >= 15 is 0 Å². The molecule has 0 aliphatic heterocycles. The van der Waals surface area contributed by atoms with Crippen molar-refractivity contribution in [3.63, 3.8) is 0 Å². The van der Waals surface area contributed by atoms with E-state index in [0.29, 0.717) is 5.92 Å². The molecule has 1 aliphatic carbocycles. The molecule has 3 heteroatoms. The van der Waals surface area contributed by atoms with Crippen LogP contribution >= 0.6 is 0 Å². The Balaban J connectivity index is 1.96. The van der Waals surface area contributed by atoms with Gasteiger partial charge in [-0.2, -0.15) is 5.10 Å². The van der Waals surface area contributed by atoms with E-state index in [1.807, 2.05) is 29.1 Å². The molecule has 2 aromatic rings. The van der Waals surface area contributed by atoms with Crippen LogP contribution in [-0.4, -0.2) is 15.8 Å². The predicted molar refractivity (Wildman–Crippen MR) is 72.7 cm³/mol. The van der Waals surface area contributed by atoms with Gasteiger partial charge in [-0.15, -0.1) is 0 Å². The molecular weight excluding hydrogens is 222 g/mol. The molecule has 1 heterocycles. The number of nitrogens with two attached hydrogens (primary N) is 1. The number of rotatable bonds is 2. The van der Waals surface area contributed by atoms with Crippen LogP contribution in [0, 0.1) is 0 Å². The number of hydrogen-bond donors (Lipinski definition) is 1. The molecule has 1 aromatic carbocycles. The van der Waals surface area contributed by atoms with Gasteiger partial charge in [0.15, 0.2) is 0 Å². The van der Waals surface area contributed by atoms with E-state index in [2.05, 4.69) is 23.3 Å². The first-order valence-electron chi connectivity index (χ1n) is 6.71. The van der Waals surface area contributed by atoms with Crippen molar-refractivity contribution in [3.05, 3.63) is 48.3 Å². The van der Waals surface area contributed by atoms with Crippen LogP contribution in [0.25, 0.3) is 5.69 Å². The molecule has 3 nitrogen and oxygen atoms in total. The average Bonchev–Trinajstić information content (AvgIpc) is 2.89. The average molecular weight is 241 g/mol. The molecule has 0 saturated heterocycles. The van der Waals surface area contributed by atoms with Crippen LogP contribution in [0.4, 0.5) is 0 Å².